The Morgan fingerprint density at radius 2 is 1.84 bits per heavy atom. The molecule has 1 heterocycles. The van der Waals surface area contributed by atoms with Gasteiger partial charge in [-0.3, -0.25) is 0 Å². The van der Waals surface area contributed by atoms with E-state index in [4.69, 9.17) is 9.47 Å². The molecule has 31 heavy (non-hydrogen) atoms. The Labute approximate surface area is 190 Å². The fraction of sp³-hybridized carbons (Fsp3) is 0.391. The van der Waals surface area contributed by atoms with Gasteiger partial charge in [0.15, 0.2) is 11.5 Å². The summed E-state index contributed by atoms with van der Waals surface area (Å²) in [7, 11) is 0. The van der Waals surface area contributed by atoms with Crippen LogP contribution in [0, 0.1) is 6.92 Å². The fourth-order valence-electron chi connectivity index (χ4n) is 3.78. The molecule has 1 unspecified atom stereocenters. The number of aryl methyl sites for hydroxylation is 1. The van der Waals surface area contributed by atoms with E-state index in [9.17, 15) is 14.7 Å². The molecule has 2 aromatic rings. The first-order valence-electron chi connectivity index (χ1n) is 10.3. The summed E-state index contributed by atoms with van der Waals surface area (Å²) in [4.78, 5) is 26.2. The molecule has 2 amide bonds. The van der Waals surface area contributed by atoms with Crippen LogP contribution in [0.15, 0.2) is 34.8 Å². The molecule has 1 N–H and O–H groups in total. The Morgan fingerprint density at radius 1 is 1.16 bits per heavy atom. The molecular formula is C23H26BrN2O5-. The number of carboxylic acids is 1. The number of benzene rings is 2. The van der Waals surface area contributed by atoms with Crippen molar-refractivity contribution in [1.29, 1.82) is 0 Å². The second-order valence-corrected chi connectivity index (χ2v) is 8.15. The number of carbonyl (C=O) groups is 2. The summed E-state index contributed by atoms with van der Waals surface area (Å²) in [5.74, 6) is -0.0576. The molecule has 1 atom stereocenters. The summed E-state index contributed by atoms with van der Waals surface area (Å²) in [6.45, 7) is 7.00. The number of rotatable bonds is 7. The molecule has 1 aliphatic heterocycles. The number of urea groups is 1. The summed E-state index contributed by atoms with van der Waals surface area (Å²) >= 11 is 3.45. The van der Waals surface area contributed by atoms with Crippen LogP contribution < -0.4 is 19.9 Å². The lowest BCUT2D eigenvalue weighted by Crippen LogP contribution is -2.44. The van der Waals surface area contributed by atoms with Gasteiger partial charge in [-0.2, -0.15) is 0 Å². The summed E-state index contributed by atoms with van der Waals surface area (Å²) in [6, 6.07) is 8.17. The number of anilines is 1. The van der Waals surface area contributed by atoms with Gasteiger partial charge in [0.2, 0.25) is 0 Å². The van der Waals surface area contributed by atoms with Crippen molar-refractivity contribution in [2.24, 2.45) is 0 Å². The van der Waals surface area contributed by atoms with Crippen LogP contribution in [0.5, 0.6) is 11.5 Å². The number of ether oxygens (including phenoxy) is 2. The highest BCUT2D eigenvalue weighted by molar-refractivity contribution is 9.10. The Hall–Kier alpha value is -2.74. The van der Waals surface area contributed by atoms with Gasteiger partial charge in [0.1, 0.15) is 0 Å². The molecule has 2 aromatic carbocycles. The van der Waals surface area contributed by atoms with Crippen LogP contribution in [0.3, 0.4) is 0 Å². The molecule has 0 aromatic heterocycles. The molecule has 1 aliphatic rings. The van der Waals surface area contributed by atoms with Crippen LogP contribution in [-0.2, 0) is 11.2 Å². The monoisotopic (exact) mass is 489 g/mol. The minimum atomic E-state index is -1.22. The van der Waals surface area contributed by atoms with E-state index in [2.05, 4.69) is 21.2 Å². The van der Waals surface area contributed by atoms with Crippen molar-refractivity contribution in [3.8, 4) is 11.5 Å². The number of carboxylic acid groups (broad SMARTS) is 1. The molecule has 0 saturated carbocycles. The first kappa shape index (κ1) is 22.9. The van der Waals surface area contributed by atoms with Crippen molar-refractivity contribution in [2.45, 2.75) is 39.7 Å². The Bertz CT molecular complexity index is 979. The zero-order valence-corrected chi connectivity index (χ0v) is 19.5. The molecule has 7 nitrogen and oxygen atoms in total. The number of hydrogen-bond acceptors (Lipinski definition) is 5. The van der Waals surface area contributed by atoms with Crippen molar-refractivity contribution in [2.75, 3.05) is 25.1 Å². The standard InChI is InChI=1S/C23H27BrN2O5/c1-4-30-20-11-15-8-9-26(23(29)25-16-6-7-18(24)14(3)10-16)19(13-22(27)28)17(15)12-21(20)31-5-2/h6-7,10-12,19H,4-5,8-9,13H2,1-3H3,(H,25,29)(H,27,28)/p-1. The third kappa shape index (κ3) is 5.31. The van der Waals surface area contributed by atoms with E-state index in [1.807, 2.05) is 39.0 Å². The summed E-state index contributed by atoms with van der Waals surface area (Å²) in [5, 5.41) is 14.4. The molecule has 0 saturated heterocycles. The third-order valence-corrected chi connectivity index (χ3v) is 6.08. The van der Waals surface area contributed by atoms with Crippen LogP contribution in [0.4, 0.5) is 10.5 Å². The number of fused-ring (bicyclic) bond motifs is 1. The number of hydrogen-bond donors (Lipinski definition) is 1. The van der Waals surface area contributed by atoms with E-state index in [0.29, 0.717) is 43.4 Å². The molecule has 0 spiro atoms. The molecule has 8 heteroatoms. The highest BCUT2D eigenvalue weighted by Crippen LogP contribution is 2.40. The number of nitrogens with one attached hydrogen (secondary N) is 1. The molecule has 0 fully saturated rings. The van der Waals surface area contributed by atoms with Crippen molar-refractivity contribution < 1.29 is 24.2 Å². The van der Waals surface area contributed by atoms with Gasteiger partial charge in [0.25, 0.3) is 0 Å². The van der Waals surface area contributed by atoms with Crippen LogP contribution in [0.2, 0.25) is 0 Å². The number of nitrogens with zero attached hydrogens (tertiary/aromatic N) is 1. The van der Waals surface area contributed by atoms with Crippen LogP contribution in [0.1, 0.15) is 43.0 Å². The molecule has 0 bridgehead atoms. The van der Waals surface area contributed by atoms with Crippen LogP contribution in [0.25, 0.3) is 0 Å². The van der Waals surface area contributed by atoms with Gasteiger partial charge in [-0.05, 0) is 74.2 Å². The lowest BCUT2D eigenvalue weighted by Gasteiger charge is -2.38. The van der Waals surface area contributed by atoms with Gasteiger partial charge < -0.3 is 29.6 Å². The minimum Gasteiger partial charge on any atom is -0.550 e. The number of amides is 2. The average molecular weight is 490 g/mol. The average Bonchev–Trinajstić information content (AvgIpc) is 2.71. The van der Waals surface area contributed by atoms with Gasteiger partial charge in [0, 0.05) is 29.1 Å². The predicted octanol–water partition coefficient (Wildman–Crippen LogP) is 3.83. The molecular weight excluding hydrogens is 464 g/mol. The van der Waals surface area contributed by atoms with Crippen molar-refractivity contribution in [1.82, 2.24) is 4.90 Å². The highest BCUT2D eigenvalue weighted by Gasteiger charge is 2.32. The second-order valence-electron chi connectivity index (χ2n) is 7.29. The largest absolute Gasteiger partial charge is 0.550 e. The van der Waals surface area contributed by atoms with Gasteiger partial charge in [-0.1, -0.05) is 15.9 Å². The molecule has 3 rings (SSSR count). The van der Waals surface area contributed by atoms with Crippen molar-refractivity contribution in [3.63, 3.8) is 0 Å². The van der Waals surface area contributed by atoms with Crippen LogP contribution in [-0.4, -0.2) is 36.7 Å². The zero-order valence-electron chi connectivity index (χ0n) is 17.9. The van der Waals surface area contributed by atoms with E-state index in [1.54, 1.807) is 17.0 Å². The van der Waals surface area contributed by atoms with E-state index in [1.165, 1.54) is 0 Å². The van der Waals surface area contributed by atoms with E-state index in [-0.39, 0.29) is 12.5 Å². The molecule has 166 valence electrons. The highest BCUT2D eigenvalue weighted by atomic mass is 79.9. The summed E-state index contributed by atoms with van der Waals surface area (Å²) in [5.41, 5.74) is 3.31. The maximum Gasteiger partial charge on any atom is 0.322 e. The summed E-state index contributed by atoms with van der Waals surface area (Å²) < 4.78 is 12.4. The van der Waals surface area contributed by atoms with Gasteiger partial charge in [0.05, 0.1) is 19.3 Å². The van der Waals surface area contributed by atoms with Gasteiger partial charge in [-0.15, -0.1) is 0 Å². The number of carbonyl (C=O) groups excluding carboxylic acids is 2. The second kappa shape index (κ2) is 10.0. The lowest BCUT2D eigenvalue weighted by atomic mass is 9.90. The van der Waals surface area contributed by atoms with E-state index < -0.39 is 12.0 Å². The smallest absolute Gasteiger partial charge is 0.322 e. The zero-order chi connectivity index (χ0) is 22.5. The number of aliphatic carboxylic acids is 1. The predicted molar refractivity (Wildman–Crippen MR) is 119 cm³/mol. The maximum absolute atomic E-state index is 13.1. The third-order valence-electron chi connectivity index (χ3n) is 5.19. The van der Waals surface area contributed by atoms with Gasteiger partial charge >= 0.3 is 6.03 Å². The SMILES string of the molecule is CCOc1cc2c(cc1OCC)C(CC(=O)[O-])N(C(=O)Nc1ccc(Br)c(C)c1)CC2. The van der Waals surface area contributed by atoms with Crippen LogP contribution >= 0.6 is 15.9 Å². The summed E-state index contributed by atoms with van der Waals surface area (Å²) in [6.07, 6.45) is 0.275. The van der Waals surface area contributed by atoms with E-state index in [0.717, 1.165) is 21.2 Å². The Balaban J connectivity index is 1.94. The van der Waals surface area contributed by atoms with Gasteiger partial charge in [-0.25, -0.2) is 4.79 Å². The maximum atomic E-state index is 13.1. The topological polar surface area (TPSA) is 90.9 Å². The first-order valence-corrected chi connectivity index (χ1v) is 11.1. The van der Waals surface area contributed by atoms with Crippen molar-refractivity contribution >= 4 is 33.6 Å². The Morgan fingerprint density at radius 3 is 2.45 bits per heavy atom. The normalized spacial score (nSPS) is 15.2. The fourth-order valence-corrected chi connectivity index (χ4v) is 4.03. The number of halogens is 1. The lowest BCUT2D eigenvalue weighted by molar-refractivity contribution is -0.306. The molecule has 0 radical (unpaired) electrons. The Kier molecular flexibility index (Phi) is 7.43. The van der Waals surface area contributed by atoms with E-state index >= 15 is 0 Å². The van der Waals surface area contributed by atoms with Crippen molar-refractivity contribution in [3.05, 3.63) is 51.5 Å². The molecule has 0 aliphatic carbocycles. The minimum absolute atomic E-state index is 0.306. The quantitative estimate of drug-likeness (QED) is 0.637. The first-order chi connectivity index (χ1) is 14.8.